The van der Waals surface area contributed by atoms with E-state index in [2.05, 4.69) is 85.9 Å². The van der Waals surface area contributed by atoms with Gasteiger partial charge in [0.25, 0.3) is 0 Å². The monoisotopic (exact) mass is 421 g/mol. The van der Waals surface area contributed by atoms with Crippen LogP contribution < -0.4 is 0 Å². The third-order valence-corrected chi connectivity index (χ3v) is 5.22. The SMILES string of the molecule is Cn1c(Cc2ccccc2)nnc1SCc1ccc(I)cc1. The Morgan fingerprint density at radius 1 is 0.955 bits per heavy atom. The molecule has 22 heavy (non-hydrogen) atoms. The van der Waals surface area contributed by atoms with E-state index in [1.54, 1.807) is 11.8 Å². The summed E-state index contributed by atoms with van der Waals surface area (Å²) in [5.41, 5.74) is 2.56. The van der Waals surface area contributed by atoms with Crippen LogP contribution in [-0.2, 0) is 19.2 Å². The zero-order chi connectivity index (χ0) is 15.4. The number of nitrogens with zero attached hydrogens (tertiary/aromatic N) is 3. The highest BCUT2D eigenvalue weighted by Gasteiger charge is 2.10. The number of benzene rings is 2. The molecular formula is C17H16IN3S. The first-order chi connectivity index (χ1) is 10.7. The fourth-order valence-corrected chi connectivity index (χ4v) is 3.38. The Balaban J connectivity index is 1.67. The van der Waals surface area contributed by atoms with Crippen LogP contribution in [0.25, 0.3) is 0 Å². The molecule has 0 aliphatic heterocycles. The molecule has 0 atom stereocenters. The molecule has 0 bridgehead atoms. The van der Waals surface area contributed by atoms with Gasteiger partial charge in [0.1, 0.15) is 5.82 Å². The van der Waals surface area contributed by atoms with Crippen molar-refractivity contribution in [2.24, 2.45) is 7.05 Å². The van der Waals surface area contributed by atoms with Gasteiger partial charge in [-0.05, 0) is 45.9 Å². The highest BCUT2D eigenvalue weighted by Crippen LogP contribution is 2.22. The summed E-state index contributed by atoms with van der Waals surface area (Å²) < 4.78 is 3.35. The van der Waals surface area contributed by atoms with Crippen LogP contribution in [0.2, 0.25) is 0 Å². The number of rotatable bonds is 5. The van der Waals surface area contributed by atoms with Crippen molar-refractivity contribution in [3.05, 3.63) is 75.1 Å². The summed E-state index contributed by atoms with van der Waals surface area (Å²) in [7, 11) is 2.04. The number of hydrogen-bond donors (Lipinski definition) is 0. The van der Waals surface area contributed by atoms with E-state index in [0.717, 1.165) is 23.2 Å². The van der Waals surface area contributed by atoms with E-state index in [4.69, 9.17) is 0 Å². The van der Waals surface area contributed by atoms with Crippen molar-refractivity contribution in [3.8, 4) is 0 Å². The molecule has 3 nitrogen and oxygen atoms in total. The highest BCUT2D eigenvalue weighted by molar-refractivity contribution is 14.1. The fraction of sp³-hybridized carbons (Fsp3) is 0.176. The van der Waals surface area contributed by atoms with Gasteiger partial charge in [-0.15, -0.1) is 10.2 Å². The van der Waals surface area contributed by atoms with Crippen LogP contribution >= 0.6 is 34.4 Å². The van der Waals surface area contributed by atoms with Crippen molar-refractivity contribution in [3.63, 3.8) is 0 Å². The van der Waals surface area contributed by atoms with E-state index < -0.39 is 0 Å². The van der Waals surface area contributed by atoms with Crippen LogP contribution in [0, 0.1) is 3.57 Å². The maximum Gasteiger partial charge on any atom is 0.191 e. The summed E-state index contributed by atoms with van der Waals surface area (Å²) in [6.07, 6.45) is 0.814. The maximum absolute atomic E-state index is 4.33. The van der Waals surface area contributed by atoms with E-state index in [1.807, 2.05) is 13.1 Å². The molecule has 112 valence electrons. The Labute approximate surface area is 148 Å². The Hall–Kier alpha value is -1.34. The van der Waals surface area contributed by atoms with Gasteiger partial charge in [-0.25, -0.2) is 0 Å². The molecule has 3 rings (SSSR count). The van der Waals surface area contributed by atoms with Crippen LogP contribution in [0.15, 0.2) is 59.8 Å². The van der Waals surface area contributed by atoms with Crippen LogP contribution in [0.1, 0.15) is 17.0 Å². The number of aromatic nitrogens is 3. The maximum atomic E-state index is 4.33. The number of hydrogen-bond acceptors (Lipinski definition) is 3. The lowest BCUT2D eigenvalue weighted by Gasteiger charge is -2.04. The zero-order valence-corrected chi connectivity index (χ0v) is 15.2. The lowest BCUT2D eigenvalue weighted by molar-refractivity contribution is 0.749. The molecule has 0 aliphatic rings. The molecule has 1 aromatic heterocycles. The van der Waals surface area contributed by atoms with Crippen LogP contribution in [0.5, 0.6) is 0 Å². The van der Waals surface area contributed by atoms with Crippen molar-refractivity contribution in [1.82, 2.24) is 14.8 Å². The lowest BCUT2D eigenvalue weighted by Crippen LogP contribution is -2.00. The molecule has 0 fully saturated rings. The number of halogens is 1. The van der Waals surface area contributed by atoms with Gasteiger partial charge in [0.2, 0.25) is 0 Å². The molecule has 1 heterocycles. The van der Waals surface area contributed by atoms with E-state index in [9.17, 15) is 0 Å². The molecule has 0 saturated heterocycles. The van der Waals surface area contributed by atoms with Crippen molar-refractivity contribution >= 4 is 34.4 Å². The molecular weight excluding hydrogens is 405 g/mol. The summed E-state index contributed by atoms with van der Waals surface area (Å²) in [5, 5.41) is 9.61. The molecule has 0 spiro atoms. The molecule has 3 aromatic rings. The molecule has 0 amide bonds. The van der Waals surface area contributed by atoms with Gasteiger partial charge in [-0.2, -0.15) is 0 Å². The highest BCUT2D eigenvalue weighted by atomic mass is 127. The van der Waals surface area contributed by atoms with E-state index in [0.29, 0.717) is 0 Å². The first kappa shape index (κ1) is 15.6. The molecule has 0 radical (unpaired) electrons. The Kier molecular flexibility index (Phi) is 5.15. The molecule has 2 aromatic carbocycles. The van der Waals surface area contributed by atoms with Gasteiger partial charge in [0, 0.05) is 22.8 Å². The average Bonchev–Trinajstić information content (AvgIpc) is 2.88. The first-order valence-corrected chi connectivity index (χ1v) is 9.08. The Bertz CT molecular complexity index is 738. The van der Waals surface area contributed by atoms with Crippen LogP contribution in [-0.4, -0.2) is 14.8 Å². The van der Waals surface area contributed by atoms with Crippen molar-refractivity contribution in [2.45, 2.75) is 17.3 Å². The summed E-state index contributed by atoms with van der Waals surface area (Å²) in [6, 6.07) is 19.0. The third kappa shape index (κ3) is 3.89. The summed E-state index contributed by atoms with van der Waals surface area (Å²) in [4.78, 5) is 0. The standard InChI is InChI=1S/C17H16IN3S/c1-21-16(11-13-5-3-2-4-6-13)19-20-17(21)22-12-14-7-9-15(18)10-8-14/h2-10H,11-12H2,1H3. The predicted octanol–water partition coefficient (Wildman–Crippen LogP) is 4.30. The minimum absolute atomic E-state index is 0.814. The predicted molar refractivity (Wildman–Crippen MR) is 99.0 cm³/mol. The summed E-state index contributed by atoms with van der Waals surface area (Å²) in [6.45, 7) is 0. The van der Waals surface area contributed by atoms with Gasteiger partial charge in [-0.1, -0.05) is 54.2 Å². The smallest absolute Gasteiger partial charge is 0.191 e. The Morgan fingerprint density at radius 3 is 2.41 bits per heavy atom. The summed E-state index contributed by atoms with van der Waals surface area (Å²) >= 11 is 4.05. The zero-order valence-electron chi connectivity index (χ0n) is 12.2. The second-order valence-electron chi connectivity index (χ2n) is 5.04. The normalized spacial score (nSPS) is 10.8. The molecule has 0 unspecified atom stereocenters. The molecule has 0 saturated carbocycles. The van der Waals surface area contributed by atoms with Gasteiger partial charge < -0.3 is 4.57 Å². The van der Waals surface area contributed by atoms with Gasteiger partial charge in [-0.3, -0.25) is 0 Å². The second-order valence-corrected chi connectivity index (χ2v) is 7.22. The molecule has 0 aliphatic carbocycles. The number of thioether (sulfide) groups is 1. The van der Waals surface area contributed by atoms with Crippen molar-refractivity contribution in [1.29, 1.82) is 0 Å². The van der Waals surface area contributed by atoms with E-state index >= 15 is 0 Å². The second kappa shape index (κ2) is 7.28. The average molecular weight is 421 g/mol. The van der Waals surface area contributed by atoms with Crippen LogP contribution in [0.4, 0.5) is 0 Å². The topological polar surface area (TPSA) is 30.7 Å². The largest absolute Gasteiger partial charge is 0.309 e. The quantitative estimate of drug-likeness (QED) is 0.455. The van der Waals surface area contributed by atoms with Gasteiger partial charge in [0.15, 0.2) is 5.16 Å². The fourth-order valence-electron chi connectivity index (χ4n) is 2.13. The van der Waals surface area contributed by atoms with Crippen molar-refractivity contribution in [2.75, 3.05) is 0 Å². The van der Waals surface area contributed by atoms with E-state index in [-0.39, 0.29) is 0 Å². The minimum atomic E-state index is 0.814. The van der Waals surface area contributed by atoms with Gasteiger partial charge in [0.05, 0.1) is 0 Å². The molecule has 0 N–H and O–H groups in total. The van der Waals surface area contributed by atoms with Crippen LogP contribution in [0.3, 0.4) is 0 Å². The molecule has 5 heteroatoms. The minimum Gasteiger partial charge on any atom is -0.309 e. The Morgan fingerprint density at radius 2 is 1.68 bits per heavy atom. The van der Waals surface area contributed by atoms with Crippen molar-refractivity contribution < 1.29 is 0 Å². The van der Waals surface area contributed by atoms with E-state index in [1.165, 1.54) is 14.7 Å². The first-order valence-electron chi connectivity index (χ1n) is 7.02. The van der Waals surface area contributed by atoms with Gasteiger partial charge >= 0.3 is 0 Å². The lowest BCUT2D eigenvalue weighted by atomic mass is 10.1. The third-order valence-electron chi connectivity index (χ3n) is 3.41. The summed E-state index contributed by atoms with van der Waals surface area (Å²) in [5.74, 6) is 1.91.